The number of rotatable bonds is 9. The summed E-state index contributed by atoms with van der Waals surface area (Å²) < 4.78 is 10.5. The summed E-state index contributed by atoms with van der Waals surface area (Å²) in [6, 6.07) is 20.6. The predicted octanol–water partition coefficient (Wildman–Crippen LogP) is 4.15. The van der Waals surface area contributed by atoms with Crippen LogP contribution in [0.3, 0.4) is 0 Å². The SMILES string of the molecule is COc1ccc(CCNC(=O)C(C)OC(=O)c2cccnc2Sc2ccccc2)cc1. The largest absolute Gasteiger partial charge is 0.497 e. The number of carbonyl (C=O) groups is 2. The van der Waals surface area contributed by atoms with E-state index < -0.39 is 12.1 Å². The Kier molecular flexibility index (Phi) is 8.06. The number of aromatic nitrogens is 1. The van der Waals surface area contributed by atoms with Gasteiger partial charge in [-0.15, -0.1) is 0 Å². The van der Waals surface area contributed by atoms with Gasteiger partial charge >= 0.3 is 5.97 Å². The third-order valence-electron chi connectivity index (χ3n) is 4.47. The van der Waals surface area contributed by atoms with E-state index in [0.29, 0.717) is 23.6 Å². The number of benzene rings is 2. The van der Waals surface area contributed by atoms with Gasteiger partial charge in [-0.25, -0.2) is 9.78 Å². The third kappa shape index (κ3) is 6.58. The van der Waals surface area contributed by atoms with Crippen LogP contribution < -0.4 is 10.1 Å². The van der Waals surface area contributed by atoms with Gasteiger partial charge in [0.25, 0.3) is 5.91 Å². The molecule has 160 valence electrons. The maximum atomic E-state index is 12.7. The maximum absolute atomic E-state index is 12.7. The van der Waals surface area contributed by atoms with E-state index in [2.05, 4.69) is 10.3 Å². The van der Waals surface area contributed by atoms with E-state index in [-0.39, 0.29) is 5.91 Å². The zero-order valence-electron chi connectivity index (χ0n) is 17.4. The molecule has 0 aliphatic heterocycles. The van der Waals surface area contributed by atoms with Gasteiger partial charge in [0.05, 0.1) is 12.7 Å². The van der Waals surface area contributed by atoms with Crippen molar-refractivity contribution in [2.24, 2.45) is 0 Å². The maximum Gasteiger partial charge on any atom is 0.341 e. The van der Waals surface area contributed by atoms with Crippen LogP contribution in [0.2, 0.25) is 0 Å². The monoisotopic (exact) mass is 436 g/mol. The number of amides is 1. The molecule has 31 heavy (non-hydrogen) atoms. The molecular weight excluding hydrogens is 412 g/mol. The van der Waals surface area contributed by atoms with Crippen LogP contribution in [0.1, 0.15) is 22.8 Å². The van der Waals surface area contributed by atoms with Crippen LogP contribution in [0.4, 0.5) is 0 Å². The number of nitrogens with one attached hydrogen (secondary N) is 1. The molecule has 0 saturated carbocycles. The molecule has 3 aromatic rings. The molecule has 1 N–H and O–H groups in total. The summed E-state index contributed by atoms with van der Waals surface area (Å²) in [5.41, 5.74) is 1.40. The van der Waals surface area contributed by atoms with Crippen molar-refractivity contribution in [2.45, 2.75) is 29.4 Å². The molecule has 3 rings (SSSR count). The standard InChI is InChI=1S/C24H24N2O4S/c1-17(22(27)25-16-14-18-10-12-19(29-2)13-11-18)30-24(28)21-9-6-15-26-23(21)31-20-7-4-3-5-8-20/h3-13,15,17H,14,16H2,1-2H3,(H,25,27). The lowest BCUT2D eigenvalue weighted by molar-refractivity contribution is -0.129. The zero-order valence-corrected chi connectivity index (χ0v) is 18.2. The molecule has 1 atom stereocenters. The highest BCUT2D eigenvalue weighted by molar-refractivity contribution is 7.99. The van der Waals surface area contributed by atoms with Crippen molar-refractivity contribution in [1.29, 1.82) is 0 Å². The summed E-state index contributed by atoms with van der Waals surface area (Å²) in [5, 5.41) is 3.34. The lowest BCUT2D eigenvalue weighted by atomic mass is 10.1. The lowest BCUT2D eigenvalue weighted by Crippen LogP contribution is -2.37. The molecule has 1 aromatic heterocycles. The van der Waals surface area contributed by atoms with Crippen LogP contribution in [0.5, 0.6) is 5.75 Å². The van der Waals surface area contributed by atoms with Crippen molar-refractivity contribution < 1.29 is 19.1 Å². The highest BCUT2D eigenvalue weighted by Gasteiger charge is 2.21. The first-order valence-corrected chi connectivity index (χ1v) is 10.7. The Morgan fingerprint density at radius 1 is 1.03 bits per heavy atom. The topological polar surface area (TPSA) is 77.5 Å². The third-order valence-corrected chi connectivity index (χ3v) is 5.50. The Morgan fingerprint density at radius 2 is 1.77 bits per heavy atom. The number of hydrogen-bond acceptors (Lipinski definition) is 6. The Balaban J connectivity index is 1.53. The number of ether oxygens (including phenoxy) is 2. The van der Waals surface area contributed by atoms with Crippen LogP contribution >= 0.6 is 11.8 Å². The molecule has 7 heteroatoms. The second-order valence-electron chi connectivity index (χ2n) is 6.71. The molecule has 1 unspecified atom stereocenters. The quantitative estimate of drug-likeness (QED) is 0.508. The number of nitrogens with zero attached hydrogens (tertiary/aromatic N) is 1. The highest BCUT2D eigenvalue weighted by atomic mass is 32.2. The van der Waals surface area contributed by atoms with Crippen molar-refractivity contribution in [3.05, 3.63) is 84.1 Å². The van der Waals surface area contributed by atoms with Gasteiger partial charge in [0.1, 0.15) is 10.8 Å². The molecule has 1 heterocycles. The molecule has 0 bridgehead atoms. The zero-order chi connectivity index (χ0) is 22.1. The van der Waals surface area contributed by atoms with E-state index in [9.17, 15) is 9.59 Å². The highest BCUT2D eigenvalue weighted by Crippen LogP contribution is 2.28. The second kappa shape index (κ2) is 11.2. The summed E-state index contributed by atoms with van der Waals surface area (Å²) in [5.74, 6) is -0.138. The van der Waals surface area contributed by atoms with Gasteiger partial charge in [-0.05, 0) is 55.3 Å². The summed E-state index contributed by atoms with van der Waals surface area (Å²) in [7, 11) is 1.62. The van der Waals surface area contributed by atoms with Crippen LogP contribution in [-0.4, -0.2) is 36.6 Å². The van der Waals surface area contributed by atoms with Gasteiger partial charge in [-0.2, -0.15) is 0 Å². The molecular formula is C24H24N2O4S. The Hall–Kier alpha value is -3.32. The Morgan fingerprint density at radius 3 is 2.48 bits per heavy atom. The van der Waals surface area contributed by atoms with Gasteiger partial charge in [0, 0.05) is 17.6 Å². The fourth-order valence-electron chi connectivity index (χ4n) is 2.77. The number of hydrogen-bond donors (Lipinski definition) is 1. The van der Waals surface area contributed by atoms with Crippen molar-refractivity contribution in [3.8, 4) is 5.75 Å². The summed E-state index contributed by atoms with van der Waals surface area (Å²) in [6.07, 6.45) is 1.37. The minimum Gasteiger partial charge on any atom is -0.497 e. The summed E-state index contributed by atoms with van der Waals surface area (Å²) in [6.45, 7) is 2.00. The van der Waals surface area contributed by atoms with Gasteiger partial charge in [0.15, 0.2) is 6.10 Å². The van der Waals surface area contributed by atoms with Gasteiger partial charge in [-0.1, -0.05) is 42.1 Å². The fourth-order valence-corrected chi connectivity index (χ4v) is 3.66. The molecule has 0 fully saturated rings. The molecule has 2 aromatic carbocycles. The molecule has 0 saturated heterocycles. The first-order chi connectivity index (χ1) is 15.1. The fraction of sp³-hybridized carbons (Fsp3) is 0.208. The van der Waals surface area contributed by atoms with E-state index in [1.165, 1.54) is 11.8 Å². The Bertz CT molecular complexity index is 1010. The normalized spacial score (nSPS) is 11.4. The van der Waals surface area contributed by atoms with Crippen LogP contribution in [0, 0.1) is 0 Å². The number of carbonyl (C=O) groups excluding carboxylic acids is 2. The van der Waals surface area contributed by atoms with Crippen molar-refractivity contribution in [1.82, 2.24) is 10.3 Å². The van der Waals surface area contributed by atoms with Crippen LogP contribution in [0.15, 0.2) is 82.8 Å². The number of esters is 1. The molecule has 0 spiro atoms. The molecule has 0 radical (unpaired) electrons. The van der Waals surface area contributed by atoms with E-state index in [1.807, 2.05) is 54.6 Å². The first-order valence-electron chi connectivity index (χ1n) is 9.86. The van der Waals surface area contributed by atoms with Crippen molar-refractivity contribution in [3.63, 3.8) is 0 Å². The van der Waals surface area contributed by atoms with Crippen LogP contribution in [-0.2, 0) is 16.0 Å². The van der Waals surface area contributed by atoms with Gasteiger partial charge in [-0.3, -0.25) is 4.79 Å². The van der Waals surface area contributed by atoms with E-state index in [1.54, 1.807) is 32.4 Å². The van der Waals surface area contributed by atoms with Gasteiger partial charge in [0.2, 0.25) is 0 Å². The average molecular weight is 437 g/mol. The first kappa shape index (κ1) is 22.4. The smallest absolute Gasteiger partial charge is 0.341 e. The minimum absolute atomic E-state index is 0.328. The van der Waals surface area contributed by atoms with Crippen LogP contribution in [0.25, 0.3) is 0 Å². The predicted molar refractivity (Wildman–Crippen MR) is 119 cm³/mol. The number of methoxy groups -OCH3 is 1. The minimum atomic E-state index is -0.918. The molecule has 6 nitrogen and oxygen atoms in total. The molecule has 1 amide bonds. The van der Waals surface area contributed by atoms with E-state index >= 15 is 0 Å². The Labute approximate surface area is 186 Å². The second-order valence-corrected chi connectivity index (χ2v) is 7.77. The average Bonchev–Trinajstić information content (AvgIpc) is 2.80. The van der Waals surface area contributed by atoms with Crippen molar-refractivity contribution in [2.75, 3.05) is 13.7 Å². The van der Waals surface area contributed by atoms with Crippen molar-refractivity contribution >= 4 is 23.6 Å². The van der Waals surface area contributed by atoms with Gasteiger partial charge < -0.3 is 14.8 Å². The summed E-state index contributed by atoms with van der Waals surface area (Å²) in [4.78, 5) is 30.3. The number of pyridine rings is 1. The lowest BCUT2D eigenvalue weighted by Gasteiger charge is -2.14. The van der Waals surface area contributed by atoms with E-state index in [4.69, 9.17) is 9.47 Å². The molecule has 0 aliphatic rings. The van der Waals surface area contributed by atoms with E-state index in [0.717, 1.165) is 16.2 Å². The molecule has 0 aliphatic carbocycles. The summed E-state index contributed by atoms with van der Waals surface area (Å²) >= 11 is 1.37.